The van der Waals surface area contributed by atoms with E-state index in [1.54, 1.807) is 0 Å². The highest BCUT2D eigenvalue weighted by atomic mass is 35.5. The third-order valence-corrected chi connectivity index (χ3v) is 3.72. The van der Waals surface area contributed by atoms with Crippen LogP contribution >= 0.6 is 11.6 Å². The number of unbranched alkanes of at least 4 members (excludes halogenated alkanes) is 5. The van der Waals surface area contributed by atoms with Crippen molar-refractivity contribution in [2.24, 2.45) is 5.73 Å². The van der Waals surface area contributed by atoms with Crippen LogP contribution in [-0.4, -0.2) is 12.6 Å². The van der Waals surface area contributed by atoms with Crippen molar-refractivity contribution >= 4 is 11.6 Å². The molecule has 0 amide bonds. The Morgan fingerprint density at radius 1 is 1.05 bits per heavy atom. The Labute approximate surface area is 128 Å². The van der Waals surface area contributed by atoms with Crippen molar-refractivity contribution in [1.82, 2.24) is 0 Å². The van der Waals surface area contributed by atoms with Crippen LogP contribution in [0.1, 0.15) is 64.0 Å². The monoisotopic (exact) mass is 297 g/mol. The maximum Gasteiger partial charge on any atom is 0.0972 e. The van der Waals surface area contributed by atoms with E-state index in [4.69, 9.17) is 22.1 Å². The van der Waals surface area contributed by atoms with E-state index < -0.39 is 0 Å². The van der Waals surface area contributed by atoms with Crippen molar-refractivity contribution in [3.8, 4) is 0 Å². The molecule has 2 N–H and O–H groups in total. The molecule has 1 aromatic rings. The zero-order valence-electron chi connectivity index (χ0n) is 12.8. The summed E-state index contributed by atoms with van der Waals surface area (Å²) in [5, 5.41) is 0.744. The first-order chi connectivity index (χ1) is 9.65. The van der Waals surface area contributed by atoms with E-state index in [9.17, 15) is 0 Å². The topological polar surface area (TPSA) is 35.2 Å². The van der Waals surface area contributed by atoms with Gasteiger partial charge >= 0.3 is 0 Å². The number of ether oxygens (including phenoxy) is 1. The smallest absolute Gasteiger partial charge is 0.0972 e. The van der Waals surface area contributed by atoms with Gasteiger partial charge in [-0.3, -0.25) is 0 Å². The number of benzene rings is 1. The maximum absolute atomic E-state index is 6.03. The van der Waals surface area contributed by atoms with Gasteiger partial charge in [-0.1, -0.05) is 62.8 Å². The minimum atomic E-state index is -0.0390. The van der Waals surface area contributed by atoms with Gasteiger partial charge in [0.1, 0.15) is 0 Å². The maximum atomic E-state index is 6.03. The number of hydrogen-bond donors (Lipinski definition) is 1. The lowest BCUT2D eigenvalue weighted by atomic mass is 10.0. The summed E-state index contributed by atoms with van der Waals surface area (Å²) in [5.41, 5.74) is 7.14. The van der Waals surface area contributed by atoms with E-state index in [0.717, 1.165) is 23.6 Å². The molecule has 0 saturated heterocycles. The van der Waals surface area contributed by atoms with Crippen LogP contribution in [0.3, 0.4) is 0 Å². The Balaban J connectivity index is 2.31. The summed E-state index contributed by atoms with van der Waals surface area (Å²) < 4.78 is 5.97. The third kappa shape index (κ3) is 6.74. The molecule has 2 nitrogen and oxygen atoms in total. The molecule has 1 aromatic carbocycles. The van der Waals surface area contributed by atoms with E-state index in [0.29, 0.717) is 0 Å². The molecule has 0 fully saturated rings. The summed E-state index contributed by atoms with van der Waals surface area (Å²) in [7, 11) is 0. The van der Waals surface area contributed by atoms with Crippen molar-refractivity contribution in [2.75, 3.05) is 6.61 Å². The van der Waals surface area contributed by atoms with Gasteiger partial charge in [0, 0.05) is 17.7 Å². The largest absolute Gasteiger partial charge is 0.372 e. The molecule has 2 atom stereocenters. The number of halogens is 1. The highest BCUT2D eigenvalue weighted by Crippen LogP contribution is 2.22. The van der Waals surface area contributed by atoms with E-state index in [2.05, 4.69) is 6.92 Å². The standard InChI is InChI=1S/C17H28ClNO/c1-3-4-5-6-7-8-13-20-17(14(2)19)15-9-11-16(18)12-10-15/h9-12,14,17H,3-8,13,19H2,1-2H3. The van der Waals surface area contributed by atoms with Gasteiger partial charge in [-0.15, -0.1) is 0 Å². The average Bonchev–Trinajstić information content (AvgIpc) is 2.43. The summed E-state index contributed by atoms with van der Waals surface area (Å²) in [6, 6.07) is 7.76. The predicted octanol–water partition coefficient (Wildman–Crippen LogP) is 5.11. The molecule has 0 aliphatic rings. The van der Waals surface area contributed by atoms with Gasteiger partial charge in [0.15, 0.2) is 0 Å². The van der Waals surface area contributed by atoms with E-state index in [-0.39, 0.29) is 12.1 Å². The minimum absolute atomic E-state index is 0.0173. The molecule has 2 unspecified atom stereocenters. The van der Waals surface area contributed by atoms with Crippen LogP contribution in [0.15, 0.2) is 24.3 Å². The molecule has 0 bridgehead atoms. The van der Waals surface area contributed by atoms with Gasteiger partial charge in [-0.2, -0.15) is 0 Å². The summed E-state index contributed by atoms with van der Waals surface area (Å²) in [5.74, 6) is 0. The molecule has 3 heteroatoms. The predicted molar refractivity (Wildman–Crippen MR) is 87.2 cm³/mol. The molecule has 1 rings (SSSR count). The van der Waals surface area contributed by atoms with Crippen LogP contribution in [0.4, 0.5) is 0 Å². The van der Waals surface area contributed by atoms with Crippen molar-refractivity contribution in [2.45, 2.75) is 64.5 Å². The van der Waals surface area contributed by atoms with Crippen molar-refractivity contribution in [3.63, 3.8) is 0 Å². The Morgan fingerprint density at radius 2 is 1.65 bits per heavy atom. The first-order valence-corrected chi connectivity index (χ1v) is 8.15. The molecule has 0 saturated carbocycles. The lowest BCUT2D eigenvalue weighted by Crippen LogP contribution is -2.27. The summed E-state index contributed by atoms with van der Waals surface area (Å²) in [6.07, 6.45) is 7.59. The first kappa shape index (κ1) is 17.5. The van der Waals surface area contributed by atoms with Crippen molar-refractivity contribution < 1.29 is 4.74 Å². The van der Waals surface area contributed by atoms with Crippen molar-refractivity contribution in [1.29, 1.82) is 0 Å². The van der Waals surface area contributed by atoms with Crippen LogP contribution in [0.2, 0.25) is 5.02 Å². The highest BCUT2D eigenvalue weighted by Gasteiger charge is 2.16. The quantitative estimate of drug-likeness (QED) is 0.609. The Bertz CT molecular complexity index is 351. The molecular formula is C17H28ClNO. The molecule has 0 heterocycles. The molecule has 0 radical (unpaired) electrons. The van der Waals surface area contributed by atoms with Crippen LogP contribution < -0.4 is 5.73 Å². The average molecular weight is 298 g/mol. The van der Waals surface area contributed by atoms with Gasteiger partial charge in [0.25, 0.3) is 0 Å². The fraction of sp³-hybridized carbons (Fsp3) is 0.647. The number of nitrogens with two attached hydrogens (primary N) is 1. The van der Waals surface area contributed by atoms with Crippen LogP contribution in [0, 0.1) is 0 Å². The van der Waals surface area contributed by atoms with E-state index in [1.807, 2.05) is 31.2 Å². The molecule has 114 valence electrons. The van der Waals surface area contributed by atoms with Gasteiger partial charge in [-0.25, -0.2) is 0 Å². The summed E-state index contributed by atoms with van der Waals surface area (Å²) in [4.78, 5) is 0. The number of rotatable bonds is 10. The highest BCUT2D eigenvalue weighted by molar-refractivity contribution is 6.30. The molecule has 20 heavy (non-hydrogen) atoms. The Hall–Kier alpha value is -0.570. The second-order valence-corrected chi connectivity index (χ2v) is 5.91. The molecule has 0 aliphatic heterocycles. The molecule has 0 aromatic heterocycles. The van der Waals surface area contributed by atoms with Crippen LogP contribution in [0.5, 0.6) is 0 Å². The normalized spacial score (nSPS) is 14.2. The van der Waals surface area contributed by atoms with Gasteiger partial charge in [-0.05, 0) is 31.0 Å². The van der Waals surface area contributed by atoms with Crippen LogP contribution in [0.25, 0.3) is 0 Å². The molecule has 0 spiro atoms. The minimum Gasteiger partial charge on any atom is -0.372 e. The van der Waals surface area contributed by atoms with E-state index in [1.165, 1.54) is 32.1 Å². The van der Waals surface area contributed by atoms with Crippen LogP contribution in [-0.2, 0) is 4.74 Å². The Morgan fingerprint density at radius 3 is 2.25 bits per heavy atom. The fourth-order valence-electron chi connectivity index (χ4n) is 2.30. The van der Waals surface area contributed by atoms with E-state index >= 15 is 0 Å². The van der Waals surface area contributed by atoms with Gasteiger partial charge in [0.2, 0.25) is 0 Å². The second kappa shape index (κ2) is 10.2. The lowest BCUT2D eigenvalue weighted by molar-refractivity contribution is 0.0358. The Kier molecular flexibility index (Phi) is 8.92. The zero-order chi connectivity index (χ0) is 14.8. The molecular weight excluding hydrogens is 270 g/mol. The van der Waals surface area contributed by atoms with Gasteiger partial charge in [0.05, 0.1) is 6.10 Å². The summed E-state index contributed by atoms with van der Waals surface area (Å²) >= 11 is 5.91. The SMILES string of the molecule is CCCCCCCCOC(c1ccc(Cl)cc1)C(C)N. The summed E-state index contributed by atoms with van der Waals surface area (Å²) in [6.45, 7) is 5.00. The number of hydrogen-bond acceptors (Lipinski definition) is 2. The second-order valence-electron chi connectivity index (χ2n) is 5.47. The first-order valence-electron chi connectivity index (χ1n) is 7.77. The van der Waals surface area contributed by atoms with Gasteiger partial charge < -0.3 is 10.5 Å². The van der Waals surface area contributed by atoms with Crippen molar-refractivity contribution in [3.05, 3.63) is 34.9 Å². The zero-order valence-corrected chi connectivity index (χ0v) is 13.5. The molecule has 0 aliphatic carbocycles. The lowest BCUT2D eigenvalue weighted by Gasteiger charge is -2.22. The third-order valence-electron chi connectivity index (χ3n) is 3.47. The fourth-order valence-corrected chi connectivity index (χ4v) is 2.42.